The second-order valence-corrected chi connectivity index (χ2v) is 5.22. The monoisotopic (exact) mass is 259 g/mol. The molecule has 0 radical (unpaired) electrons. The van der Waals surface area contributed by atoms with Crippen molar-refractivity contribution in [2.24, 2.45) is 0 Å². The summed E-state index contributed by atoms with van der Waals surface area (Å²) in [6.45, 7) is 0.864. The molecular weight excluding hydrogens is 242 g/mol. The van der Waals surface area contributed by atoms with Crippen LogP contribution in [0.25, 0.3) is 0 Å². The minimum atomic E-state index is -0.329. The largest absolute Gasteiger partial charge is 0.458 e. The number of nitrogens with zero attached hydrogens (tertiary/aromatic N) is 1. The number of fused-ring (bicyclic) bond motifs is 1. The first-order chi connectivity index (χ1) is 9.24. The van der Waals surface area contributed by atoms with Gasteiger partial charge in [0.25, 0.3) is 0 Å². The van der Waals surface area contributed by atoms with Gasteiger partial charge in [0.15, 0.2) is 0 Å². The Labute approximate surface area is 112 Å². The van der Waals surface area contributed by atoms with Gasteiger partial charge in [-0.25, -0.2) is 4.79 Å². The fourth-order valence-electron chi connectivity index (χ4n) is 2.99. The summed E-state index contributed by atoms with van der Waals surface area (Å²) < 4.78 is 5.47. The molecule has 4 heteroatoms. The van der Waals surface area contributed by atoms with Gasteiger partial charge >= 0.3 is 5.97 Å². The zero-order valence-electron chi connectivity index (χ0n) is 10.7. The van der Waals surface area contributed by atoms with Gasteiger partial charge in [0.05, 0.1) is 12.0 Å². The summed E-state index contributed by atoms with van der Waals surface area (Å²) >= 11 is 0. The fourth-order valence-corrected chi connectivity index (χ4v) is 2.99. The predicted octanol–water partition coefficient (Wildman–Crippen LogP) is 2.00. The summed E-state index contributed by atoms with van der Waals surface area (Å²) in [5.41, 5.74) is 0.545. The maximum Gasteiger partial charge on any atom is 0.338 e. The maximum atomic E-state index is 12.0. The topological polar surface area (TPSA) is 46.6 Å². The molecule has 0 aromatic heterocycles. The van der Waals surface area contributed by atoms with E-state index in [1.54, 1.807) is 24.3 Å². The number of esters is 1. The number of piperidine rings is 1. The minimum Gasteiger partial charge on any atom is -0.458 e. The van der Waals surface area contributed by atoms with Crippen molar-refractivity contribution in [1.29, 1.82) is 0 Å². The van der Waals surface area contributed by atoms with Crippen LogP contribution >= 0.6 is 0 Å². The van der Waals surface area contributed by atoms with Gasteiger partial charge in [0, 0.05) is 19.0 Å². The first-order valence-corrected chi connectivity index (χ1v) is 6.79. The van der Waals surface area contributed by atoms with Crippen molar-refractivity contribution in [2.45, 2.75) is 37.8 Å². The third kappa shape index (κ3) is 2.48. The molecule has 4 nitrogen and oxygen atoms in total. The number of rotatable bonds is 2. The van der Waals surface area contributed by atoms with E-state index >= 15 is 0 Å². The van der Waals surface area contributed by atoms with Gasteiger partial charge in [-0.3, -0.25) is 4.79 Å². The van der Waals surface area contributed by atoms with E-state index in [1.165, 1.54) is 0 Å². The predicted molar refractivity (Wildman–Crippen MR) is 69.6 cm³/mol. The highest BCUT2D eigenvalue weighted by molar-refractivity contribution is 5.89. The van der Waals surface area contributed by atoms with Crippen LogP contribution in [0, 0.1) is 0 Å². The molecule has 0 aliphatic carbocycles. The molecule has 2 aliphatic heterocycles. The van der Waals surface area contributed by atoms with Gasteiger partial charge in [-0.1, -0.05) is 18.2 Å². The molecule has 2 saturated heterocycles. The Morgan fingerprint density at radius 1 is 1.26 bits per heavy atom. The van der Waals surface area contributed by atoms with Crippen LogP contribution in [0.1, 0.15) is 36.0 Å². The Morgan fingerprint density at radius 2 is 2.05 bits per heavy atom. The zero-order valence-corrected chi connectivity index (χ0v) is 10.7. The summed E-state index contributed by atoms with van der Waals surface area (Å²) in [7, 11) is 0. The minimum absolute atomic E-state index is 0.125. The van der Waals surface area contributed by atoms with E-state index in [-0.39, 0.29) is 24.0 Å². The summed E-state index contributed by atoms with van der Waals surface area (Å²) in [4.78, 5) is 25.8. The molecule has 0 unspecified atom stereocenters. The van der Waals surface area contributed by atoms with Gasteiger partial charge in [0.1, 0.15) is 6.10 Å². The standard InChI is InChI=1S/C15H17NO3/c17-14-10-13(9-12-7-4-8-16(12)14)19-15(18)11-5-2-1-3-6-11/h1-3,5-6,12-13H,4,7-10H2/t12-,13+/m1/s1. The first kappa shape index (κ1) is 12.2. The van der Waals surface area contributed by atoms with E-state index < -0.39 is 0 Å². The van der Waals surface area contributed by atoms with E-state index in [2.05, 4.69) is 0 Å². The normalized spacial score (nSPS) is 26.1. The molecule has 19 heavy (non-hydrogen) atoms. The quantitative estimate of drug-likeness (QED) is 0.763. The molecule has 2 fully saturated rings. The van der Waals surface area contributed by atoms with E-state index in [0.29, 0.717) is 12.0 Å². The number of carbonyl (C=O) groups excluding carboxylic acids is 2. The van der Waals surface area contributed by atoms with Crippen LogP contribution in [-0.4, -0.2) is 35.5 Å². The second kappa shape index (κ2) is 5.03. The van der Waals surface area contributed by atoms with Crippen LogP contribution in [0.3, 0.4) is 0 Å². The van der Waals surface area contributed by atoms with Crippen molar-refractivity contribution in [3.8, 4) is 0 Å². The molecular formula is C15H17NO3. The van der Waals surface area contributed by atoms with Crippen molar-refractivity contribution in [1.82, 2.24) is 4.90 Å². The highest BCUT2D eigenvalue weighted by Gasteiger charge is 2.38. The Balaban J connectivity index is 1.64. The molecule has 2 atom stereocenters. The average molecular weight is 259 g/mol. The smallest absolute Gasteiger partial charge is 0.338 e. The van der Waals surface area contributed by atoms with Crippen LogP contribution in [-0.2, 0) is 9.53 Å². The molecule has 2 heterocycles. The van der Waals surface area contributed by atoms with E-state index in [1.807, 2.05) is 11.0 Å². The van der Waals surface area contributed by atoms with Gasteiger partial charge in [-0.05, 0) is 25.0 Å². The van der Waals surface area contributed by atoms with E-state index in [9.17, 15) is 9.59 Å². The Kier molecular flexibility index (Phi) is 3.23. The lowest BCUT2D eigenvalue weighted by molar-refractivity contribution is -0.138. The molecule has 1 aromatic carbocycles. The number of carbonyl (C=O) groups is 2. The average Bonchev–Trinajstić information content (AvgIpc) is 2.88. The third-order valence-corrected chi connectivity index (χ3v) is 3.92. The van der Waals surface area contributed by atoms with Gasteiger partial charge in [0.2, 0.25) is 5.91 Å². The van der Waals surface area contributed by atoms with Crippen molar-refractivity contribution in [2.75, 3.05) is 6.54 Å². The molecule has 1 amide bonds. The highest BCUT2D eigenvalue weighted by Crippen LogP contribution is 2.29. The van der Waals surface area contributed by atoms with Crippen molar-refractivity contribution < 1.29 is 14.3 Å². The van der Waals surface area contributed by atoms with Crippen LogP contribution in [0.4, 0.5) is 0 Å². The first-order valence-electron chi connectivity index (χ1n) is 6.79. The number of ether oxygens (including phenoxy) is 1. The number of hydrogen-bond donors (Lipinski definition) is 0. The molecule has 0 N–H and O–H groups in total. The second-order valence-electron chi connectivity index (χ2n) is 5.22. The van der Waals surface area contributed by atoms with Gasteiger partial charge < -0.3 is 9.64 Å². The molecule has 0 spiro atoms. The van der Waals surface area contributed by atoms with Crippen LogP contribution < -0.4 is 0 Å². The van der Waals surface area contributed by atoms with Crippen molar-refractivity contribution in [3.05, 3.63) is 35.9 Å². The fraction of sp³-hybridized carbons (Fsp3) is 0.467. The lowest BCUT2D eigenvalue weighted by Crippen LogP contribution is -2.45. The molecule has 0 bridgehead atoms. The highest BCUT2D eigenvalue weighted by atomic mass is 16.5. The molecule has 3 rings (SSSR count). The molecule has 1 aromatic rings. The Hall–Kier alpha value is -1.84. The molecule has 100 valence electrons. The lowest BCUT2D eigenvalue weighted by Gasteiger charge is -2.34. The SMILES string of the molecule is O=C(O[C@@H]1CC(=O)N2CCC[C@@H]2C1)c1ccccc1. The molecule has 0 saturated carbocycles. The molecule has 2 aliphatic rings. The van der Waals surface area contributed by atoms with Gasteiger partial charge in [-0.2, -0.15) is 0 Å². The van der Waals surface area contributed by atoms with Crippen molar-refractivity contribution >= 4 is 11.9 Å². The summed E-state index contributed by atoms with van der Waals surface area (Å²) in [6, 6.07) is 9.21. The van der Waals surface area contributed by atoms with E-state index in [4.69, 9.17) is 4.74 Å². The van der Waals surface area contributed by atoms with E-state index in [0.717, 1.165) is 25.8 Å². The van der Waals surface area contributed by atoms with Crippen molar-refractivity contribution in [3.63, 3.8) is 0 Å². The summed E-state index contributed by atoms with van der Waals surface area (Å²) in [6.07, 6.45) is 2.94. The summed E-state index contributed by atoms with van der Waals surface area (Å²) in [5, 5.41) is 0. The lowest BCUT2D eigenvalue weighted by atomic mass is 9.99. The van der Waals surface area contributed by atoms with Crippen LogP contribution in [0.15, 0.2) is 30.3 Å². The zero-order chi connectivity index (χ0) is 13.2. The Bertz CT molecular complexity index is 485. The number of amides is 1. The number of hydrogen-bond acceptors (Lipinski definition) is 3. The Morgan fingerprint density at radius 3 is 2.84 bits per heavy atom. The van der Waals surface area contributed by atoms with Gasteiger partial charge in [-0.15, -0.1) is 0 Å². The van der Waals surface area contributed by atoms with Crippen LogP contribution in [0.2, 0.25) is 0 Å². The summed E-state index contributed by atoms with van der Waals surface area (Å²) in [5.74, 6) is -0.204. The maximum absolute atomic E-state index is 12.0. The third-order valence-electron chi connectivity index (χ3n) is 3.92. The number of benzene rings is 1. The van der Waals surface area contributed by atoms with Crippen LogP contribution in [0.5, 0.6) is 0 Å².